The number of carbonyl (C=O) groups is 4. The van der Waals surface area contributed by atoms with Gasteiger partial charge in [-0.05, 0) is 67.9 Å². The highest BCUT2D eigenvalue weighted by Crippen LogP contribution is 2.59. The number of aromatic nitrogens is 1. The molecule has 5 aliphatic rings. The molecule has 12 nitrogen and oxygen atoms in total. The molecule has 44 heavy (non-hydrogen) atoms. The minimum atomic E-state index is -1.52. The Morgan fingerprint density at radius 1 is 1.25 bits per heavy atom. The van der Waals surface area contributed by atoms with Crippen LogP contribution in [0.1, 0.15) is 53.9 Å². The average Bonchev–Trinajstić information content (AvgIpc) is 3.70. The maximum absolute atomic E-state index is 15.2. The molecule has 0 radical (unpaired) electrons. The summed E-state index contributed by atoms with van der Waals surface area (Å²) in [6.45, 7) is 8.86. The maximum atomic E-state index is 15.2. The Hall–Kier alpha value is -3.95. The van der Waals surface area contributed by atoms with Crippen LogP contribution < -0.4 is 15.4 Å². The van der Waals surface area contributed by atoms with Gasteiger partial charge >= 0.3 is 6.09 Å². The normalized spacial score (nSPS) is 34.2. The molecule has 2 aliphatic carbocycles. The van der Waals surface area contributed by atoms with Gasteiger partial charge in [-0.3, -0.25) is 14.4 Å². The standard InChI is InChI=1S/C31H39FN6O6/c1-15(2)43-29(42)35-24(30(3,4)5)27(40)37-13-19-16-9-18(20(32)10-16)22(19)23(37)26(39)38-14-31(11-17(38)12-33)28(41)36-25-21(44-31)7-6-8-34-25/h6-8,15-20,22-24H,9-11,13-14H2,1-5H3,(H,35,42)(H,34,36,41). The van der Waals surface area contributed by atoms with Crippen LogP contribution in [-0.4, -0.2) is 87.7 Å². The van der Waals surface area contributed by atoms with E-state index in [0.717, 1.165) is 0 Å². The third-order valence-electron chi connectivity index (χ3n) is 10.0. The number of alkyl halides is 1. The summed E-state index contributed by atoms with van der Waals surface area (Å²) < 4.78 is 26.6. The zero-order chi connectivity index (χ0) is 31.7. The van der Waals surface area contributed by atoms with Crippen LogP contribution in [0.3, 0.4) is 0 Å². The molecule has 9 atom stereocenters. The summed E-state index contributed by atoms with van der Waals surface area (Å²) in [5.74, 6) is -1.79. The van der Waals surface area contributed by atoms with Crippen molar-refractivity contribution in [2.45, 2.75) is 89.9 Å². The topological polar surface area (TPSA) is 154 Å². The summed E-state index contributed by atoms with van der Waals surface area (Å²) in [6.07, 6.45) is 0.237. The van der Waals surface area contributed by atoms with E-state index in [1.165, 1.54) is 16.0 Å². The maximum Gasteiger partial charge on any atom is 0.408 e. The van der Waals surface area contributed by atoms with Crippen LogP contribution in [0.4, 0.5) is 15.0 Å². The third kappa shape index (κ3) is 4.82. The summed E-state index contributed by atoms with van der Waals surface area (Å²) in [5, 5.41) is 15.6. The second kappa shape index (κ2) is 10.6. The number of ether oxygens (including phenoxy) is 2. The van der Waals surface area contributed by atoms with Crippen LogP contribution in [0, 0.1) is 40.4 Å². The number of hydrogen-bond donors (Lipinski definition) is 2. The van der Waals surface area contributed by atoms with Gasteiger partial charge in [0.2, 0.25) is 17.4 Å². The molecule has 2 N–H and O–H groups in total. The Balaban J connectivity index is 1.33. The molecule has 2 saturated heterocycles. The molecule has 1 aromatic rings. The van der Waals surface area contributed by atoms with Crippen molar-refractivity contribution in [2.24, 2.45) is 29.1 Å². The van der Waals surface area contributed by atoms with Crippen molar-refractivity contribution in [1.82, 2.24) is 20.1 Å². The second-order valence-electron chi connectivity index (χ2n) is 14.2. The zero-order valence-corrected chi connectivity index (χ0v) is 25.6. The van der Waals surface area contributed by atoms with Crippen molar-refractivity contribution in [2.75, 3.05) is 18.4 Å². The van der Waals surface area contributed by atoms with Gasteiger partial charge in [0.05, 0.1) is 18.7 Å². The fourth-order valence-corrected chi connectivity index (χ4v) is 8.10. The van der Waals surface area contributed by atoms with E-state index in [1.54, 1.807) is 26.0 Å². The van der Waals surface area contributed by atoms with Crippen molar-refractivity contribution in [3.05, 3.63) is 18.3 Å². The van der Waals surface area contributed by atoms with Crippen LogP contribution in [-0.2, 0) is 19.1 Å². The van der Waals surface area contributed by atoms with Crippen LogP contribution in [0.2, 0.25) is 0 Å². The number of carbonyl (C=O) groups excluding carboxylic acids is 4. The van der Waals surface area contributed by atoms with Crippen LogP contribution >= 0.6 is 0 Å². The monoisotopic (exact) mass is 610 g/mol. The number of halogens is 1. The smallest absolute Gasteiger partial charge is 0.408 e. The van der Waals surface area contributed by atoms with Gasteiger partial charge in [0.15, 0.2) is 11.6 Å². The lowest BCUT2D eigenvalue weighted by atomic mass is 9.77. The van der Waals surface area contributed by atoms with Gasteiger partial charge in [-0.1, -0.05) is 20.8 Å². The summed E-state index contributed by atoms with van der Waals surface area (Å²) in [6, 6.07) is 2.36. The molecule has 4 heterocycles. The Labute approximate surface area is 255 Å². The predicted octanol–water partition coefficient (Wildman–Crippen LogP) is 2.65. The van der Waals surface area contributed by atoms with E-state index in [1.807, 2.05) is 20.8 Å². The molecule has 2 bridgehead atoms. The number of nitrogens with zero attached hydrogens (tertiary/aromatic N) is 4. The van der Waals surface area contributed by atoms with Crippen LogP contribution in [0.5, 0.6) is 5.75 Å². The molecule has 236 valence electrons. The fourth-order valence-electron chi connectivity index (χ4n) is 8.10. The lowest BCUT2D eigenvalue weighted by Gasteiger charge is -2.38. The minimum absolute atomic E-state index is 0.0354. The van der Waals surface area contributed by atoms with Gasteiger partial charge in [0.1, 0.15) is 24.3 Å². The molecule has 9 unspecified atom stereocenters. The molecule has 3 aliphatic heterocycles. The van der Waals surface area contributed by atoms with Gasteiger partial charge in [-0.25, -0.2) is 14.2 Å². The van der Waals surface area contributed by atoms with E-state index in [4.69, 9.17) is 9.47 Å². The van der Waals surface area contributed by atoms with E-state index in [9.17, 15) is 24.4 Å². The first-order chi connectivity index (χ1) is 20.7. The van der Waals surface area contributed by atoms with Gasteiger partial charge < -0.3 is 29.9 Å². The van der Waals surface area contributed by atoms with E-state index in [0.29, 0.717) is 18.6 Å². The number of rotatable bonds is 4. The summed E-state index contributed by atoms with van der Waals surface area (Å²) in [4.78, 5) is 61.9. The summed E-state index contributed by atoms with van der Waals surface area (Å²) in [7, 11) is 0. The van der Waals surface area contributed by atoms with Gasteiger partial charge in [0.25, 0.3) is 5.91 Å². The largest absolute Gasteiger partial charge is 0.472 e. The van der Waals surface area contributed by atoms with Gasteiger partial charge in [-0.2, -0.15) is 5.26 Å². The Kier molecular flexibility index (Phi) is 7.25. The predicted molar refractivity (Wildman–Crippen MR) is 154 cm³/mol. The average molecular weight is 611 g/mol. The number of alkyl carbamates (subject to hydrolysis) is 1. The Morgan fingerprint density at radius 2 is 2.00 bits per heavy atom. The molecule has 1 aromatic heterocycles. The number of fused-ring (bicyclic) bond motifs is 6. The number of anilines is 1. The zero-order valence-electron chi connectivity index (χ0n) is 25.6. The minimum Gasteiger partial charge on any atom is -0.472 e. The summed E-state index contributed by atoms with van der Waals surface area (Å²) >= 11 is 0. The van der Waals surface area contributed by atoms with Crippen molar-refractivity contribution < 1.29 is 33.0 Å². The Morgan fingerprint density at radius 3 is 2.68 bits per heavy atom. The molecule has 0 aromatic carbocycles. The van der Waals surface area contributed by atoms with Crippen LogP contribution in [0.25, 0.3) is 0 Å². The molecule has 1 spiro atoms. The molecule has 13 heteroatoms. The number of hydrogen-bond acceptors (Lipinski definition) is 8. The first-order valence-corrected chi connectivity index (χ1v) is 15.3. The quantitative estimate of drug-likeness (QED) is 0.528. The van der Waals surface area contributed by atoms with Gasteiger partial charge in [-0.15, -0.1) is 0 Å². The van der Waals surface area contributed by atoms with Crippen molar-refractivity contribution in [3.63, 3.8) is 0 Å². The molecular formula is C31H39FN6O6. The van der Waals surface area contributed by atoms with E-state index < -0.39 is 77.1 Å². The number of pyridine rings is 1. The van der Waals surface area contributed by atoms with Crippen LogP contribution in [0.15, 0.2) is 18.3 Å². The lowest BCUT2D eigenvalue weighted by Crippen LogP contribution is -2.60. The van der Waals surface area contributed by atoms with E-state index in [-0.39, 0.29) is 37.2 Å². The molecule has 4 amide bonds. The molecule has 4 fully saturated rings. The van der Waals surface area contributed by atoms with E-state index in [2.05, 4.69) is 21.7 Å². The van der Waals surface area contributed by atoms with E-state index >= 15 is 4.39 Å². The van der Waals surface area contributed by atoms with Crippen molar-refractivity contribution in [3.8, 4) is 11.8 Å². The highest BCUT2D eigenvalue weighted by Gasteiger charge is 2.65. The first kappa shape index (κ1) is 30.1. The number of amides is 4. The lowest BCUT2D eigenvalue weighted by molar-refractivity contribution is -0.149. The molecule has 6 rings (SSSR count). The highest BCUT2D eigenvalue weighted by molar-refractivity contribution is 6.01. The second-order valence-corrected chi connectivity index (χ2v) is 14.2. The third-order valence-corrected chi connectivity index (χ3v) is 10.0. The Bertz CT molecular complexity index is 1420. The first-order valence-electron chi connectivity index (χ1n) is 15.3. The number of nitriles is 1. The number of nitrogens with one attached hydrogen (secondary N) is 2. The number of likely N-dealkylation sites (tertiary alicyclic amines) is 2. The summed E-state index contributed by atoms with van der Waals surface area (Å²) in [5.41, 5.74) is -2.27. The fraction of sp³-hybridized carbons (Fsp3) is 0.677. The SMILES string of the molecule is CC(C)OC(=O)NC(C(=O)N1CC2C3CC(F)C(C3)C2C1C(=O)N1CC2(CC1C#N)Oc1cccnc1NC2=O)C(C)(C)C. The molecular weight excluding hydrogens is 571 g/mol. The van der Waals surface area contributed by atoms with Gasteiger partial charge in [0, 0.05) is 19.2 Å². The van der Waals surface area contributed by atoms with Crippen molar-refractivity contribution in [1.29, 1.82) is 5.26 Å². The highest BCUT2D eigenvalue weighted by atomic mass is 19.1. The van der Waals surface area contributed by atoms with Crippen molar-refractivity contribution >= 4 is 29.6 Å². The molecule has 2 saturated carbocycles.